The third kappa shape index (κ3) is 4.20. The zero-order chi connectivity index (χ0) is 23.9. The van der Waals surface area contributed by atoms with E-state index in [-0.39, 0.29) is 48.4 Å². The minimum absolute atomic E-state index is 0.0221. The molecule has 5 aliphatic rings. The number of hydrogen-bond acceptors (Lipinski definition) is 6. The molecular formula is C26H29N3O5. The number of ketones is 1. The Labute approximate surface area is 198 Å². The van der Waals surface area contributed by atoms with Crippen LogP contribution >= 0.6 is 0 Å². The van der Waals surface area contributed by atoms with Crippen LogP contribution in [0.3, 0.4) is 0 Å². The lowest BCUT2D eigenvalue weighted by atomic mass is 9.48. The number of fused-ring (bicyclic) bond motifs is 2. The quantitative estimate of drug-likeness (QED) is 0.571. The highest BCUT2D eigenvalue weighted by Crippen LogP contribution is 2.60. The molecule has 0 aromatic heterocycles. The number of nitrogens with one attached hydrogen (secondary N) is 2. The first-order valence-corrected chi connectivity index (χ1v) is 12.2. The van der Waals surface area contributed by atoms with Gasteiger partial charge >= 0.3 is 6.09 Å². The summed E-state index contributed by atoms with van der Waals surface area (Å²) in [6.07, 6.45) is 3.78. The number of ether oxygens (including phenoxy) is 1. The number of benzene rings is 1. The zero-order valence-corrected chi connectivity index (χ0v) is 19.0. The molecule has 6 rings (SSSR count). The molecule has 1 saturated heterocycles. The van der Waals surface area contributed by atoms with Gasteiger partial charge in [-0.1, -0.05) is 43.2 Å². The van der Waals surface area contributed by atoms with Crippen LogP contribution in [0, 0.1) is 46.3 Å². The second kappa shape index (κ2) is 8.86. The number of imide groups is 1. The summed E-state index contributed by atoms with van der Waals surface area (Å²) < 4.78 is 5.33. The van der Waals surface area contributed by atoms with Crippen molar-refractivity contribution < 1.29 is 23.9 Å². The molecular weight excluding hydrogens is 434 g/mol. The maximum atomic E-state index is 13.5. The molecule has 0 unspecified atom stereocenters. The summed E-state index contributed by atoms with van der Waals surface area (Å²) in [4.78, 5) is 50.8. The molecule has 2 bridgehead atoms. The molecule has 3 amide bonds. The van der Waals surface area contributed by atoms with Crippen LogP contribution in [0.25, 0.3) is 0 Å². The highest BCUT2D eigenvalue weighted by atomic mass is 16.5. The van der Waals surface area contributed by atoms with E-state index < -0.39 is 23.5 Å². The van der Waals surface area contributed by atoms with Crippen LogP contribution in [0.1, 0.15) is 50.5 Å². The molecule has 1 aliphatic heterocycles. The lowest BCUT2D eigenvalue weighted by Gasteiger charge is -2.52. The third-order valence-electron chi connectivity index (χ3n) is 8.24. The Morgan fingerprint density at radius 2 is 1.85 bits per heavy atom. The van der Waals surface area contributed by atoms with E-state index in [1.54, 1.807) is 0 Å². The average molecular weight is 464 g/mol. The van der Waals surface area contributed by atoms with E-state index in [0.29, 0.717) is 25.2 Å². The molecule has 1 aromatic carbocycles. The molecule has 0 radical (unpaired) electrons. The first-order valence-electron chi connectivity index (χ1n) is 12.2. The van der Waals surface area contributed by atoms with E-state index in [1.165, 1.54) is 0 Å². The van der Waals surface area contributed by atoms with Crippen LogP contribution in [-0.2, 0) is 25.7 Å². The first-order chi connectivity index (χ1) is 16.4. The van der Waals surface area contributed by atoms with Crippen LogP contribution in [-0.4, -0.2) is 29.7 Å². The Bertz CT molecular complexity index is 1050. The van der Waals surface area contributed by atoms with Crippen molar-refractivity contribution in [3.63, 3.8) is 0 Å². The fourth-order valence-electron chi connectivity index (χ4n) is 6.45. The van der Waals surface area contributed by atoms with E-state index >= 15 is 0 Å². The van der Waals surface area contributed by atoms with E-state index in [1.807, 2.05) is 30.3 Å². The predicted octanol–water partition coefficient (Wildman–Crippen LogP) is 2.87. The lowest BCUT2D eigenvalue weighted by molar-refractivity contribution is -0.140. The second-order valence-electron chi connectivity index (χ2n) is 10.4. The van der Waals surface area contributed by atoms with Crippen LogP contribution < -0.4 is 10.6 Å². The number of hydrogen-bond donors (Lipinski definition) is 2. The van der Waals surface area contributed by atoms with Gasteiger partial charge < -0.3 is 10.1 Å². The molecule has 5 fully saturated rings. The first kappa shape index (κ1) is 22.6. The molecule has 8 nitrogen and oxygen atoms in total. The Kier molecular flexibility index (Phi) is 5.88. The molecule has 2 N–H and O–H groups in total. The maximum Gasteiger partial charge on any atom is 0.408 e. The van der Waals surface area contributed by atoms with E-state index in [9.17, 15) is 24.4 Å². The number of carbonyl (C=O) groups excluding carboxylic acids is 4. The summed E-state index contributed by atoms with van der Waals surface area (Å²) >= 11 is 0. The number of nitrogens with zero attached hydrogens (tertiary/aromatic N) is 1. The van der Waals surface area contributed by atoms with Crippen LogP contribution in [0.4, 0.5) is 4.79 Å². The highest BCUT2D eigenvalue weighted by molar-refractivity contribution is 6.05. The summed E-state index contributed by atoms with van der Waals surface area (Å²) in [6.45, 7) is 0.106. The van der Waals surface area contributed by atoms with Crippen molar-refractivity contribution in [1.82, 2.24) is 10.6 Å². The molecule has 1 heterocycles. The van der Waals surface area contributed by atoms with Crippen LogP contribution in [0.2, 0.25) is 0 Å². The molecule has 178 valence electrons. The number of Topliss-reactive ketones (excluding diaryl/α,β-unsaturated/α-hetero) is 1. The van der Waals surface area contributed by atoms with Gasteiger partial charge in [0.15, 0.2) is 5.78 Å². The Morgan fingerprint density at radius 3 is 2.56 bits per heavy atom. The van der Waals surface area contributed by atoms with Crippen molar-refractivity contribution in [2.24, 2.45) is 35.0 Å². The summed E-state index contributed by atoms with van der Waals surface area (Å²) in [5.41, 5.74) is -0.135. The SMILES string of the molecule is N#C[C@@]1(CC(=O)[C@H](CC2CC2)NC(=O)OCc2ccccc2)C[C@@H]2CC[C@H]1[C@@H]1C(=O)NC(=O)[C@H]21. The van der Waals surface area contributed by atoms with Gasteiger partial charge in [0.05, 0.1) is 29.4 Å². The van der Waals surface area contributed by atoms with Crippen molar-refractivity contribution >= 4 is 23.7 Å². The van der Waals surface area contributed by atoms with Gasteiger partial charge in [-0.25, -0.2) is 4.79 Å². The zero-order valence-electron chi connectivity index (χ0n) is 19.0. The normalized spacial score (nSPS) is 32.3. The van der Waals surface area contributed by atoms with Crippen molar-refractivity contribution in [3.8, 4) is 6.07 Å². The smallest absolute Gasteiger partial charge is 0.408 e. The summed E-state index contributed by atoms with van der Waals surface area (Å²) in [6, 6.07) is 11.0. The third-order valence-corrected chi connectivity index (χ3v) is 8.24. The molecule has 6 atom stereocenters. The van der Waals surface area contributed by atoms with Gasteiger partial charge in [-0.15, -0.1) is 0 Å². The van der Waals surface area contributed by atoms with Crippen molar-refractivity contribution in [2.75, 3.05) is 0 Å². The van der Waals surface area contributed by atoms with Gasteiger partial charge in [-0.05, 0) is 49.0 Å². The van der Waals surface area contributed by atoms with Gasteiger partial charge in [0.1, 0.15) is 6.61 Å². The second-order valence-corrected chi connectivity index (χ2v) is 10.4. The molecule has 1 aromatic rings. The fourth-order valence-corrected chi connectivity index (χ4v) is 6.45. The van der Waals surface area contributed by atoms with E-state index in [2.05, 4.69) is 16.7 Å². The Hall–Kier alpha value is -3.21. The Morgan fingerprint density at radius 1 is 1.12 bits per heavy atom. The van der Waals surface area contributed by atoms with Gasteiger partial charge in [0.25, 0.3) is 0 Å². The van der Waals surface area contributed by atoms with Crippen LogP contribution in [0.5, 0.6) is 0 Å². The summed E-state index contributed by atoms with van der Waals surface area (Å²) in [7, 11) is 0. The van der Waals surface area contributed by atoms with Gasteiger partial charge in [0, 0.05) is 6.42 Å². The topological polar surface area (TPSA) is 125 Å². The standard InChI is InChI=1S/C26H29N3O5/c27-14-26(11-17-8-9-18(26)22-21(17)23(31)29-24(22)32)12-20(30)19(10-15-6-7-15)28-25(33)34-13-16-4-2-1-3-5-16/h1-5,15,17-19,21-22H,6-13H2,(H,28,33)(H,29,31,32)/t17-,18-,19-,21+,22-,26-/m0/s1. The molecule has 4 aliphatic carbocycles. The van der Waals surface area contributed by atoms with Crippen molar-refractivity contribution in [2.45, 2.75) is 57.6 Å². The largest absolute Gasteiger partial charge is 0.445 e. The predicted molar refractivity (Wildman–Crippen MR) is 120 cm³/mol. The van der Waals surface area contributed by atoms with E-state index in [0.717, 1.165) is 24.8 Å². The van der Waals surface area contributed by atoms with Gasteiger partial charge in [-0.2, -0.15) is 5.26 Å². The van der Waals surface area contributed by atoms with E-state index in [4.69, 9.17) is 4.74 Å². The monoisotopic (exact) mass is 463 g/mol. The highest BCUT2D eigenvalue weighted by Gasteiger charge is 2.63. The lowest BCUT2D eigenvalue weighted by Crippen LogP contribution is -2.54. The van der Waals surface area contributed by atoms with Crippen molar-refractivity contribution in [1.29, 1.82) is 5.26 Å². The minimum Gasteiger partial charge on any atom is -0.445 e. The number of nitriles is 1. The number of amides is 3. The number of carbonyl (C=O) groups is 4. The number of alkyl carbamates (subject to hydrolysis) is 1. The molecule has 4 saturated carbocycles. The Balaban J connectivity index is 1.28. The molecule has 0 spiro atoms. The average Bonchev–Trinajstić information content (AvgIpc) is 3.61. The molecule has 34 heavy (non-hydrogen) atoms. The summed E-state index contributed by atoms with van der Waals surface area (Å²) in [5.74, 6) is -1.67. The molecule has 8 heteroatoms. The summed E-state index contributed by atoms with van der Waals surface area (Å²) in [5, 5.41) is 15.4. The maximum absolute atomic E-state index is 13.5. The van der Waals surface area contributed by atoms with Gasteiger partial charge in [0.2, 0.25) is 11.8 Å². The van der Waals surface area contributed by atoms with Crippen molar-refractivity contribution in [3.05, 3.63) is 35.9 Å². The fraction of sp³-hybridized carbons (Fsp3) is 0.577. The minimum atomic E-state index is -0.986. The van der Waals surface area contributed by atoms with Gasteiger partial charge in [-0.3, -0.25) is 19.7 Å². The number of rotatable bonds is 8. The van der Waals surface area contributed by atoms with Crippen LogP contribution in [0.15, 0.2) is 30.3 Å².